The van der Waals surface area contributed by atoms with Crippen LogP contribution in [0.1, 0.15) is 58.8 Å². The van der Waals surface area contributed by atoms with Crippen LogP contribution >= 0.6 is 0 Å². The number of amides is 2. The van der Waals surface area contributed by atoms with Crippen molar-refractivity contribution in [1.82, 2.24) is 10.2 Å². The maximum absolute atomic E-state index is 12.3. The normalized spacial score (nSPS) is 24.5. The highest BCUT2D eigenvalue weighted by Crippen LogP contribution is 2.38. The number of rotatable bonds is 7. The summed E-state index contributed by atoms with van der Waals surface area (Å²) in [5, 5.41) is 12.2. The van der Waals surface area contributed by atoms with E-state index in [0.717, 1.165) is 6.42 Å². The molecule has 2 N–H and O–H groups in total. The monoisotopic (exact) mass is 338 g/mol. The van der Waals surface area contributed by atoms with Gasteiger partial charge in [0.15, 0.2) is 0 Å². The van der Waals surface area contributed by atoms with Crippen molar-refractivity contribution in [3.05, 3.63) is 0 Å². The number of carboxylic acids is 1. The molecule has 1 heterocycles. The van der Waals surface area contributed by atoms with Crippen LogP contribution in [-0.2, 0) is 14.4 Å². The summed E-state index contributed by atoms with van der Waals surface area (Å²) >= 11 is 0. The lowest BCUT2D eigenvalue weighted by Gasteiger charge is -2.28. The molecule has 1 aliphatic carbocycles. The molecule has 0 bridgehead atoms. The van der Waals surface area contributed by atoms with Crippen molar-refractivity contribution >= 4 is 17.8 Å². The maximum atomic E-state index is 12.3. The second-order valence-electron chi connectivity index (χ2n) is 7.65. The molecule has 0 aromatic heterocycles. The number of carboxylic acid groups (broad SMARTS) is 1. The fourth-order valence-corrected chi connectivity index (χ4v) is 3.95. The summed E-state index contributed by atoms with van der Waals surface area (Å²) in [6.07, 6.45) is 6.81. The second-order valence-corrected chi connectivity index (χ2v) is 7.65. The van der Waals surface area contributed by atoms with E-state index in [9.17, 15) is 19.5 Å². The number of hydrogen-bond donors (Lipinski definition) is 2. The van der Waals surface area contributed by atoms with E-state index >= 15 is 0 Å². The van der Waals surface area contributed by atoms with E-state index in [2.05, 4.69) is 5.32 Å². The molecule has 1 atom stereocenters. The van der Waals surface area contributed by atoms with Crippen molar-refractivity contribution in [2.24, 2.45) is 17.3 Å². The summed E-state index contributed by atoms with van der Waals surface area (Å²) in [6.45, 7) is 4.41. The summed E-state index contributed by atoms with van der Waals surface area (Å²) in [4.78, 5) is 37.3. The molecule has 24 heavy (non-hydrogen) atoms. The molecule has 0 radical (unpaired) electrons. The quantitative estimate of drug-likeness (QED) is 0.743. The lowest BCUT2D eigenvalue weighted by molar-refractivity contribution is -0.151. The van der Waals surface area contributed by atoms with Crippen LogP contribution in [0.5, 0.6) is 0 Å². The molecule has 0 aromatic rings. The van der Waals surface area contributed by atoms with E-state index in [4.69, 9.17) is 0 Å². The van der Waals surface area contributed by atoms with Gasteiger partial charge in [-0.25, -0.2) is 0 Å². The Morgan fingerprint density at radius 1 is 1.25 bits per heavy atom. The average Bonchev–Trinajstić information content (AvgIpc) is 3.20. The van der Waals surface area contributed by atoms with Gasteiger partial charge in [-0.05, 0) is 24.7 Å². The van der Waals surface area contributed by atoms with Crippen LogP contribution in [0.15, 0.2) is 0 Å². The Morgan fingerprint density at radius 2 is 1.92 bits per heavy atom. The number of nitrogens with one attached hydrogen (secondary N) is 1. The van der Waals surface area contributed by atoms with Gasteiger partial charge in [0.25, 0.3) is 0 Å². The van der Waals surface area contributed by atoms with Crippen molar-refractivity contribution in [3.63, 3.8) is 0 Å². The lowest BCUT2D eigenvalue weighted by atomic mass is 9.76. The van der Waals surface area contributed by atoms with Crippen LogP contribution in [0.3, 0.4) is 0 Å². The van der Waals surface area contributed by atoms with E-state index in [1.807, 2.05) is 13.8 Å². The first kappa shape index (κ1) is 18.7. The number of nitrogens with zero attached hydrogens (tertiary/aromatic N) is 1. The highest BCUT2D eigenvalue weighted by atomic mass is 16.4. The average molecular weight is 338 g/mol. The zero-order valence-corrected chi connectivity index (χ0v) is 14.8. The molecule has 0 spiro atoms. The van der Waals surface area contributed by atoms with E-state index in [1.54, 1.807) is 4.90 Å². The zero-order chi connectivity index (χ0) is 17.7. The highest BCUT2D eigenvalue weighted by molar-refractivity contribution is 5.86. The van der Waals surface area contributed by atoms with Gasteiger partial charge < -0.3 is 15.3 Å². The molecule has 1 saturated heterocycles. The number of carbonyl (C=O) groups is 3. The van der Waals surface area contributed by atoms with Crippen molar-refractivity contribution in [3.8, 4) is 0 Å². The van der Waals surface area contributed by atoms with Gasteiger partial charge in [0.05, 0.1) is 12.0 Å². The Kier molecular flexibility index (Phi) is 6.24. The van der Waals surface area contributed by atoms with Gasteiger partial charge in [-0.2, -0.15) is 0 Å². The van der Waals surface area contributed by atoms with Gasteiger partial charge in [0, 0.05) is 19.5 Å². The first-order chi connectivity index (χ1) is 11.3. The fraction of sp³-hybridized carbons (Fsp3) is 0.833. The minimum atomic E-state index is -0.859. The van der Waals surface area contributed by atoms with E-state index < -0.39 is 11.4 Å². The van der Waals surface area contributed by atoms with Gasteiger partial charge in [-0.1, -0.05) is 39.5 Å². The fourth-order valence-electron chi connectivity index (χ4n) is 3.95. The summed E-state index contributed by atoms with van der Waals surface area (Å²) < 4.78 is 0. The van der Waals surface area contributed by atoms with E-state index in [-0.39, 0.29) is 30.8 Å². The smallest absolute Gasteiger partial charge is 0.311 e. The van der Waals surface area contributed by atoms with Gasteiger partial charge in [-0.15, -0.1) is 0 Å². The van der Waals surface area contributed by atoms with Crippen LogP contribution in [0, 0.1) is 17.3 Å². The molecule has 2 fully saturated rings. The summed E-state index contributed by atoms with van der Waals surface area (Å²) in [5.74, 6) is -0.481. The van der Waals surface area contributed by atoms with Gasteiger partial charge in [-0.3, -0.25) is 14.4 Å². The molecular formula is C18H30N2O4. The Morgan fingerprint density at radius 3 is 2.46 bits per heavy atom. The molecular weight excluding hydrogens is 308 g/mol. The van der Waals surface area contributed by atoms with Crippen LogP contribution in [0.25, 0.3) is 0 Å². The van der Waals surface area contributed by atoms with Crippen LogP contribution in [0.2, 0.25) is 0 Å². The second kappa shape index (κ2) is 7.99. The Bertz CT molecular complexity index is 485. The molecule has 136 valence electrons. The van der Waals surface area contributed by atoms with Crippen molar-refractivity contribution in [2.45, 2.75) is 58.8 Å². The van der Waals surface area contributed by atoms with E-state index in [0.29, 0.717) is 25.3 Å². The molecule has 1 aliphatic heterocycles. The predicted octanol–water partition coefficient (Wildman–Crippen LogP) is 2.03. The van der Waals surface area contributed by atoms with Gasteiger partial charge in [0.2, 0.25) is 11.8 Å². The third-order valence-electron chi connectivity index (χ3n) is 5.88. The van der Waals surface area contributed by atoms with Crippen molar-refractivity contribution in [2.75, 3.05) is 19.6 Å². The van der Waals surface area contributed by atoms with Crippen LogP contribution in [0.4, 0.5) is 0 Å². The Labute approximate surface area is 144 Å². The van der Waals surface area contributed by atoms with Crippen molar-refractivity contribution in [1.29, 1.82) is 0 Å². The summed E-state index contributed by atoms with van der Waals surface area (Å²) in [6, 6.07) is 0. The van der Waals surface area contributed by atoms with Crippen molar-refractivity contribution < 1.29 is 19.5 Å². The van der Waals surface area contributed by atoms with Crippen LogP contribution < -0.4 is 5.32 Å². The standard InChI is InChI=1S/C18H30N2O4/c1-13(2)18(17(23)24)9-10-20(12-18)16(22)11-19-15(21)8-7-14-5-3-4-6-14/h13-14H,3-12H2,1-2H3,(H,19,21)(H,23,24). The number of likely N-dealkylation sites (tertiary alicyclic amines) is 1. The lowest BCUT2D eigenvalue weighted by Crippen LogP contribution is -2.43. The summed E-state index contributed by atoms with van der Waals surface area (Å²) in [5.41, 5.74) is -0.859. The Hall–Kier alpha value is -1.59. The topological polar surface area (TPSA) is 86.7 Å². The molecule has 6 heteroatoms. The minimum absolute atomic E-state index is 0.0305. The van der Waals surface area contributed by atoms with E-state index in [1.165, 1.54) is 25.7 Å². The molecule has 2 amide bonds. The molecule has 1 unspecified atom stereocenters. The SMILES string of the molecule is CC(C)C1(C(=O)O)CCN(C(=O)CNC(=O)CCC2CCCC2)C1. The highest BCUT2D eigenvalue weighted by Gasteiger charge is 2.48. The number of carbonyl (C=O) groups excluding carboxylic acids is 2. The van der Waals surface area contributed by atoms with Gasteiger partial charge in [0.1, 0.15) is 0 Å². The molecule has 2 aliphatic rings. The third kappa shape index (κ3) is 4.28. The number of aliphatic carboxylic acids is 1. The summed E-state index contributed by atoms with van der Waals surface area (Å²) in [7, 11) is 0. The third-order valence-corrected chi connectivity index (χ3v) is 5.88. The maximum Gasteiger partial charge on any atom is 0.311 e. The molecule has 0 aromatic carbocycles. The first-order valence-corrected chi connectivity index (χ1v) is 9.13. The largest absolute Gasteiger partial charge is 0.481 e. The van der Waals surface area contributed by atoms with Gasteiger partial charge >= 0.3 is 5.97 Å². The predicted molar refractivity (Wildman–Crippen MR) is 90.3 cm³/mol. The Balaban J connectivity index is 1.74. The molecule has 1 saturated carbocycles. The molecule has 2 rings (SSSR count). The zero-order valence-electron chi connectivity index (χ0n) is 14.8. The molecule has 6 nitrogen and oxygen atoms in total. The first-order valence-electron chi connectivity index (χ1n) is 9.13. The number of hydrogen-bond acceptors (Lipinski definition) is 3. The van der Waals surface area contributed by atoms with Crippen LogP contribution in [-0.4, -0.2) is 47.4 Å². The minimum Gasteiger partial charge on any atom is -0.481 e.